The number of unbranched alkanes of at least 4 members (excludes halogenated alkanes) is 2. The fourth-order valence-corrected chi connectivity index (χ4v) is 1.10. The van der Waals surface area contributed by atoms with E-state index < -0.39 is 10.1 Å². The van der Waals surface area contributed by atoms with Crippen molar-refractivity contribution in [1.82, 2.24) is 0 Å². The molecule has 0 unspecified atom stereocenters. The first-order valence-electron chi connectivity index (χ1n) is 3.01. The summed E-state index contributed by atoms with van der Waals surface area (Å²) < 4.78 is 28.3. The summed E-state index contributed by atoms with van der Waals surface area (Å²) in [6.07, 6.45) is 2.39. The molecule has 0 amide bonds. The van der Waals surface area contributed by atoms with Gasteiger partial charge in [0.05, 0.1) is 5.75 Å². The molecule has 0 rings (SSSR count). The average molecular weight is 194 g/mol. The molecule has 0 atom stereocenters. The first-order chi connectivity index (χ1) is 4.06. The van der Waals surface area contributed by atoms with Crippen LogP contribution in [0.3, 0.4) is 0 Å². The maximum absolute atomic E-state index is 10.1. The van der Waals surface area contributed by atoms with Crippen molar-refractivity contribution in [3.8, 4) is 0 Å². The van der Waals surface area contributed by atoms with Gasteiger partial charge in [-0.2, -0.15) is 8.42 Å². The molecule has 6 heteroatoms. The Labute approximate surface area is 89.7 Å². The fraction of sp³-hybridized carbons (Fsp3) is 1.00. The van der Waals surface area contributed by atoms with Gasteiger partial charge in [0.1, 0.15) is 0 Å². The van der Waals surface area contributed by atoms with Gasteiger partial charge in [0, 0.05) is 0 Å². The second-order valence-electron chi connectivity index (χ2n) is 1.99. The van der Waals surface area contributed by atoms with Crippen molar-refractivity contribution < 1.29 is 18.4 Å². The molecule has 0 radical (unpaired) electrons. The number of hydrogen-bond donors (Lipinski definition) is 1. The van der Waals surface area contributed by atoms with Gasteiger partial charge in [-0.3, -0.25) is 4.55 Å². The second-order valence-corrected chi connectivity index (χ2v) is 3.57. The molecule has 0 aliphatic rings. The molecule has 0 aromatic heterocycles. The minimum atomic E-state index is -3.70. The summed E-state index contributed by atoms with van der Waals surface area (Å²) in [5.74, 6) is -0.0964. The molecule has 3 N–H and O–H groups in total. The normalized spacial score (nSPS) is 9.64. The zero-order valence-electron chi connectivity index (χ0n) is 6.00. The van der Waals surface area contributed by atoms with E-state index in [1.54, 1.807) is 0 Å². The van der Waals surface area contributed by atoms with Crippen LogP contribution in [0.4, 0.5) is 0 Å². The van der Waals surface area contributed by atoms with Crippen molar-refractivity contribution >= 4 is 39.7 Å². The molecular weight excluding hydrogens is 179 g/mol. The molecule has 0 bridgehead atoms. The Hall–Kier alpha value is 0.870. The third kappa shape index (κ3) is 18.1. The molecule has 0 saturated heterocycles. The van der Waals surface area contributed by atoms with E-state index in [2.05, 4.69) is 0 Å². The Morgan fingerprint density at radius 3 is 2.00 bits per heavy atom. The molecule has 4 nitrogen and oxygen atoms in total. The molecular formula is C5H15NaO4S. The van der Waals surface area contributed by atoms with Crippen LogP contribution in [0.25, 0.3) is 0 Å². The Morgan fingerprint density at radius 2 is 1.73 bits per heavy atom. The maximum atomic E-state index is 10.1. The van der Waals surface area contributed by atoms with Crippen LogP contribution < -0.4 is 0 Å². The van der Waals surface area contributed by atoms with Gasteiger partial charge in [-0.15, -0.1) is 0 Å². The van der Waals surface area contributed by atoms with E-state index in [0.717, 1.165) is 12.8 Å². The molecule has 0 aliphatic heterocycles. The van der Waals surface area contributed by atoms with E-state index in [1.165, 1.54) is 0 Å². The summed E-state index contributed by atoms with van der Waals surface area (Å²) in [6, 6.07) is 0. The van der Waals surface area contributed by atoms with Gasteiger partial charge in [0.15, 0.2) is 0 Å². The van der Waals surface area contributed by atoms with Crippen molar-refractivity contribution in [2.45, 2.75) is 26.2 Å². The molecule has 0 fully saturated rings. The Kier molecular flexibility index (Phi) is 14.5. The zero-order valence-corrected chi connectivity index (χ0v) is 6.82. The Balaban J connectivity index is -0.000000320. The first kappa shape index (κ1) is 17.8. The van der Waals surface area contributed by atoms with Crippen LogP contribution >= 0.6 is 0 Å². The predicted molar refractivity (Wildman–Crippen MR) is 46.7 cm³/mol. The summed E-state index contributed by atoms with van der Waals surface area (Å²) in [7, 11) is -3.70. The fourth-order valence-electron chi connectivity index (χ4n) is 0.534. The van der Waals surface area contributed by atoms with Crippen LogP contribution in [0.15, 0.2) is 0 Å². The van der Waals surface area contributed by atoms with E-state index in [4.69, 9.17) is 4.55 Å². The zero-order chi connectivity index (χ0) is 7.33. The predicted octanol–water partition coefficient (Wildman–Crippen LogP) is -0.409. The standard InChI is InChI=1S/C5H12O3S.Na.H2O.H/c1-2-3-4-5-9(6,7)8;;;/h2-5H2,1H3,(H,6,7,8);;1H2;. The van der Waals surface area contributed by atoms with Crippen LogP contribution in [0.5, 0.6) is 0 Å². The van der Waals surface area contributed by atoms with Crippen molar-refractivity contribution in [1.29, 1.82) is 0 Å². The number of rotatable bonds is 4. The second kappa shape index (κ2) is 8.96. The van der Waals surface area contributed by atoms with Crippen LogP contribution in [0, 0.1) is 0 Å². The Bertz CT molecular complexity index is 154. The summed E-state index contributed by atoms with van der Waals surface area (Å²) in [4.78, 5) is 0. The molecule has 0 aliphatic carbocycles. The Morgan fingerprint density at radius 1 is 1.27 bits per heavy atom. The molecule has 0 heterocycles. The summed E-state index contributed by atoms with van der Waals surface area (Å²) in [6.45, 7) is 1.98. The molecule has 11 heavy (non-hydrogen) atoms. The van der Waals surface area contributed by atoms with Crippen molar-refractivity contribution in [3.05, 3.63) is 0 Å². The van der Waals surface area contributed by atoms with Crippen LogP contribution in [0.2, 0.25) is 0 Å². The van der Waals surface area contributed by atoms with Crippen LogP contribution in [-0.4, -0.2) is 53.8 Å². The monoisotopic (exact) mass is 194 g/mol. The summed E-state index contributed by atoms with van der Waals surface area (Å²) in [5, 5.41) is 0. The van der Waals surface area contributed by atoms with Gasteiger partial charge < -0.3 is 5.48 Å². The molecule has 0 saturated carbocycles. The van der Waals surface area contributed by atoms with Gasteiger partial charge >= 0.3 is 29.6 Å². The molecule has 0 aromatic carbocycles. The average Bonchev–Trinajstić information content (AvgIpc) is 1.63. The van der Waals surface area contributed by atoms with E-state index in [-0.39, 0.29) is 40.8 Å². The number of hydrogen-bond acceptors (Lipinski definition) is 2. The molecule has 66 valence electrons. The third-order valence-electron chi connectivity index (χ3n) is 1.01. The van der Waals surface area contributed by atoms with Gasteiger partial charge in [0.25, 0.3) is 10.1 Å². The van der Waals surface area contributed by atoms with Gasteiger partial charge in [-0.25, -0.2) is 0 Å². The van der Waals surface area contributed by atoms with Crippen molar-refractivity contribution in [3.63, 3.8) is 0 Å². The van der Waals surface area contributed by atoms with Crippen LogP contribution in [-0.2, 0) is 10.1 Å². The minimum absolute atomic E-state index is 0. The topological polar surface area (TPSA) is 85.9 Å². The summed E-state index contributed by atoms with van der Waals surface area (Å²) >= 11 is 0. The quantitative estimate of drug-likeness (QED) is 0.375. The third-order valence-corrected chi connectivity index (χ3v) is 1.81. The van der Waals surface area contributed by atoms with E-state index in [9.17, 15) is 8.42 Å². The van der Waals surface area contributed by atoms with E-state index in [0.29, 0.717) is 6.42 Å². The first-order valence-corrected chi connectivity index (χ1v) is 4.62. The molecule has 0 aromatic rings. The molecule has 0 spiro atoms. The van der Waals surface area contributed by atoms with Crippen LogP contribution in [0.1, 0.15) is 26.2 Å². The van der Waals surface area contributed by atoms with Gasteiger partial charge in [-0.05, 0) is 6.42 Å². The van der Waals surface area contributed by atoms with Gasteiger partial charge in [-0.1, -0.05) is 19.8 Å². The SMILES string of the molecule is CCCCCS(=O)(=O)O.O.[NaH]. The van der Waals surface area contributed by atoms with Gasteiger partial charge in [0.2, 0.25) is 0 Å². The van der Waals surface area contributed by atoms with Crippen molar-refractivity contribution in [2.24, 2.45) is 0 Å². The summed E-state index contributed by atoms with van der Waals surface area (Å²) in [5.41, 5.74) is 0. The van der Waals surface area contributed by atoms with E-state index >= 15 is 0 Å². The van der Waals surface area contributed by atoms with Crippen molar-refractivity contribution in [2.75, 3.05) is 5.75 Å². The van der Waals surface area contributed by atoms with E-state index in [1.807, 2.05) is 6.92 Å².